The monoisotopic (exact) mass is 444 g/mol. The Hall–Kier alpha value is -2.48. The molecule has 0 heterocycles. The summed E-state index contributed by atoms with van der Waals surface area (Å²) in [6, 6.07) is 10.6. The highest BCUT2D eigenvalue weighted by atomic mass is 35.5. The molecule has 148 valence electrons. The molecule has 0 unspecified atom stereocenters. The number of benzene rings is 2. The number of hydrogen-bond donors (Lipinski definition) is 2. The van der Waals surface area contributed by atoms with E-state index in [0.29, 0.717) is 15.6 Å². The van der Waals surface area contributed by atoms with Crippen LogP contribution in [0.1, 0.15) is 17.3 Å². The van der Waals surface area contributed by atoms with Crippen molar-refractivity contribution in [2.45, 2.75) is 13.0 Å². The molecule has 0 radical (unpaired) electrons. The minimum absolute atomic E-state index is 0.231. The van der Waals surface area contributed by atoms with Gasteiger partial charge in [0.05, 0.1) is 5.02 Å². The third-order valence-electron chi connectivity index (χ3n) is 3.30. The summed E-state index contributed by atoms with van der Waals surface area (Å²) in [6.45, 7) is 0.829. The molecule has 2 rings (SSSR count). The number of nitrogens with one attached hydrogen (secondary N) is 2. The molecule has 0 saturated heterocycles. The van der Waals surface area contributed by atoms with E-state index in [0.717, 1.165) is 0 Å². The molecule has 1 atom stereocenters. The Morgan fingerprint density at radius 3 is 2.25 bits per heavy atom. The number of amides is 2. The van der Waals surface area contributed by atoms with Gasteiger partial charge in [0.1, 0.15) is 5.75 Å². The number of rotatable bonds is 6. The number of ether oxygens (including phenoxy) is 2. The standard InChI is InChI=1S/C18H15Cl3N2O5/c1-10(28-15-7-6-13(20)8-14(15)21)18(26)27-9-16(24)22-23-17(25)11-2-4-12(19)5-3-11/h2-8,10H,9H2,1H3,(H,22,24)(H,23,25)/t10-/m0/s1. The summed E-state index contributed by atoms with van der Waals surface area (Å²) in [5.74, 6) is -1.82. The summed E-state index contributed by atoms with van der Waals surface area (Å²) in [5, 5.41) is 1.13. The number of carbonyl (C=O) groups is 3. The van der Waals surface area contributed by atoms with Gasteiger partial charge in [-0.3, -0.25) is 20.4 Å². The fraction of sp³-hybridized carbons (Fsp3) is 0.167. The first-order chi connectivity index (χ1) is 13.3. The van der Waals surface area contributed by atoms with Gasteiger partial charge in [-0.05, 0) is 49.4 Å². The highest BCUT2D eigenvalue weighted by Gasteiger charge is 2.19. The van der Waals surface area contributed by atoms with Gasteiger partial charge in [-0.1, -0.05) is 34.8 Å². The Bertz CT molecular complexity index is 874. The maximum absolute atomic E-state index is 11.9. The lowest BCUT2D eigenvalue weighted by molar-refractivity contribution is -0.154. The number of hydrazine groups is 1. The summed E-state index contributed by atoms with van der Waals surface area (Å²) in [7, 11) is 0. The fourth-order valence-corrected chi connectivity index (χ4v) is 2.48. The van der Waals surface area contributed by atoms with E-state index in [2.05, 4.69) is 10.9 Å². The zero-order chi connectivity index (χ0) is 20.7. The molecule has 2 amide bonds. The molecule has 0 fully saturated rings. The number of halogens is 3. The normalized spacial score (nSPS) is 11.3. The number of hydrogen-bond acceptors (Lipinski definition) is 5. The van der Waals surface area contributed by atoms with Crippen molar-refractivity contribution in [1.29, 1.82) is 0 Å². The van der Waals surface area contributed by atoms with Crippen LogP contribution >= 0.6 is 34.8 Å². The van der Waals surface area contributed by atoms with Crippen LogP contribution in [0.25, 0.3) is 0 Å². The van der Waals surface area contributed by atoms with Crippen molar-refractivity contribution in [3.8, 4) is 5.75 Å². The molecular weight excluding hydrogens is 431 g/mol. The predicted octanol–water partition coefficient (Wildman–Crippen LogP) is 3.42. The number of carbonyl (C=O) groups excluding carboxylic acids is 3. The SMILES string of the molecule is C[C@H](Oc1ccc(Cl)cc1Cl)C(=O)OCC(=O)NNC(=O)c1ccc(Cl)cc1. The first-order valence-corrected chi connectivity index (χ1v) is 9.02. The molecule has 0 spiro atoms. The Kier molecular flexibility index (Phi) is 7.92. The van der Waals surface area contributed by atoms with Gasteiger partial charge in [0, 0.05) is 15.6 Å². The van der Waals surface area contributed by atoms with E-state index < -0.39 is 30.5 Å². The lowest BCUT2D eigenvalue weighted by Gasteiger charge is -2.15. The maximum atomic E-state index is 11.9. The van der Waals surface area contributed by atoms with Crippen molar-refractivity contribution in [3.05, 3.63) is 63.1 Å². The molecule has 0 aliphatic heterocycles. The van der Waals surface area contributed by atoms with Gasteiger partial charge < -0.3 is 9.47 Å². The second-order valence-electron chi connectivity index (χ2n) is 5.45. The quantitative estimate of drug-likeness (QED) is 0.525. The minimum Gasteiger partial charge on any atom is -0.477 e. The lowest BCUT2D eigenvalue weighted by atomic mass is 10.2. The van der Waals surface area contributed by atoms with Crippen LogP contribution in [0, 0.1) is 0 Å². The molecule has 0 aromatic heterocycles. The van der Waals surface area contributed by atoms with E-state index in [-0.39, 0.29) is 10.8 Å². The second kappa shape index (κ2) is 10.2. The molecule has 10 heteroatoms. The minimum atomic E-state index is -1.02. The van der Waals surface area contributed by atoms with Crippen LogP contribution in [0.4, 0.5) is 0 Å². The Morgan fingerprint density at radius 2 is 1.61 bits per heavy atom. The number of esters is 1. The van der Waals surface area contributed by atoms with Crippen molar-refractivity contribution in [2.75, 3.05) is 6.61 Å². The van der Waals surface area contributed by atoms with E-state index in [1.54, 1.807) is 6.07 Å². The molecule has 2 aromatic rings. The average molecular weight is 446 g/mol. The van der Waals surface area contributed by atoms with Crippen molar-refractivity contribution < 1.29 is 23.9 Å². The van der Waals surface area contributed by atoms with Gasteiger partial charge in [-0.2, -0.15) is 0 Å². The second-order valence-corrected chi connectivity index (χ2v) is 6.73. The zero-order valence-electron chi connectivity index (χ0n) is 14.5. The summed E-state index contributed by atoms with van der Waals surface area (Å²) < 4.78 is 10.2. The Morgan fingerprint density at radius 1 is 0.964 bits per heavy atom. The van der Waals surface area contributed by atoms with Gasteiger partial charge in [-0.15, -0.1) is 0 Å². The van der Waals surface area contributed by atoms with E-state index >= 15 is 0 Å². The van der Waals surface area contributed by atoms with E-state index in [4.69, 9.17) is 44.3 Å². The summed E-state index contributed by atoms with van der Waals surface area (Å²) >= 11 is 17.5. The fourth-order valence-electron chi connectivity index (χ4n) is 1.90. The average Bonchev–Trinajstić information content (AvgIpc) is 2.66. The van der Waals surface area contributed by atoms with Crippen molar-refractivity contribution >= 4 is 52.6 Å². The smallest absolute Gasteiger partial charge is 0.347 e. The van der Waals surface area contributed by atoms with Crippen molar-refractivity contribution in [2.24, 2.45) is 0 Å². The van der Waals surface area contributed by atoms with Gasteiger partial charge in [0.25, 0.3) is 11.8 Å². The summed E-state index contributed by atoms with van der Waals surface area (Å²) in [6.07, 6.45) is -1.02. The molecule has 28 heavy (non-hydrogen) atoms. The molecule has 2 N–H and O–H groups in total. The van der Waals surface area contributed by atoms with Crippen LogP contribution in [-0.2, 0) is 14.3 Å². The highest BCUT2D eigenvalue weighted by molar-refractivity contribution is 6.35. The van der Waals surface area contributed by atoms with Crippen LogP contribution in [0.3, 0.4) is 0 Å². The highest BCUT2D eigenvalue weighted by Crippen LogP contribution is 2.28. The Balaban J connectivity index is 1.75. The van der Waals surface area contributed by atoms with E-state index in [1.165, 1.54) is 43.3 Å². The van der Waals surface area contributed by atoms with Crippen LogP contribution in [0.5, 0.6) is 5.75 Å². The van der Waals surface area contributed by atoms with Gasteiger partial charge in [-0.25, -0.2) is 4.79 Å². The summed E-state index contributed by atoms with van der Waals surface area (Å²) in [5.41, 5.74) is 4.61. The van der Waals surface area contributed by atoms with Crippen LogP contribution < -0.4 is 15.6 Å². The largest absolute Gasteiger partial charge is 0.477 e. The molecule has 0 saturated carbocycles. The predicted molar refractivity (Wildman–Crippen MR) is 105 cm³/mol. The van der Waals surface area contributed by atoms with Gasteiger partial charge in [0.2, 0.25) is 0 Å². The molecule has 2 aromatic carbocycles. The molecule has 0 aliphatic carbocycles. The topological polar surface area (TPSA) is 93.7 Å². The van der Waals surface area contributed by atoms with Crippen molar-refractivity contribution in [1.82, 2.24) is 10.9 Å². The van der Waals surface area contributed by atoms with Crippen LogP contribution in [0.2, 0.25) is 15.1 Å². The Labute approximate surface area is 175 Å². The van der Waals surface area contributed by atoms with Crippen LogP contribution in [0.15, 0.2) is 42.5 Å². The molecule has 0 aliphatic rings. The lowest BCUT2D eigenvalue weighted by Crippen LogP contribution is -2.44. The zero-order valence-corrected chi connectivity index (χ0v) is 16.8. The van der Waals surface area contributed by atoms with Gasteiger partial charge in [0.15, 0.2) is 12.7 Å². The first-order valence-electron chi connectivity index (χ1n) is 7.89. The maximum Gasteiger partial charge on any atom is 0.347 e. The summed E-state index contributed by atoms with van der Waals surface area (Å²) in [4.78, 5) is 35.5. The molecular formula is C18H15Cl3N2O5. The van der Waals surface area contributed by atoms with Crippen LogP contribution in [-0.4, -0.2) is 30.5 Å². The van der Waals surface area contributed by atoms with Crippen molar-refractivity contribution in [3.63, 3.8) is 0 Å². The molecule has 0 bridgehead atoms. The van der Waals surface area contributed by atoms with E-state index in [9.17, 15) is 14.4 Å². The van der Waals surface area contributed by atoms with E-state index in [1.807, 2.05) is 0 Å². The first kappa shape index (κ1) is 21.8. The third kappa shape index (κ3) is 6.60. The molecule has 7 nitrogen and oxygen atoms in total. The third-order valence-corrected chi connectivity index (χ3v) is 4.08. The van der Waals surface area contributed by atoms with Gasteiger partial charge >= 0.3 is 5.97 Å².